The maximum Gasteiger partial charge on any atom is 0.410 e. The number of hydrogen-bond acceptors (Lipinski definition) is 7. The van der Waals surface area contributed by atoms with Crippen LogP contribution in [0.4, 0.5) is 16.4 Å². The number of halogens is 1. The Kier molecular flexibility index (Phi) is 5.72. The lowest BCUT2D eigenvalue weighted by Crippen LogP contribution is -2.50. The van der Waals surface area contributed by atoms with E-state index < -0.39 is 5.60 Å². The lowest BCUT2D eigenvalue weighted by Gasteiger charge is -2.36. The number of rotatable bonds is 2. The molecule has 1 amide bonds. The maximum atomic E-state index is 12.2. The molecule has 8 nitrogen and oxygen atoms in total. The molecule has 0 unspecified atom stereocenters. The fraction of sp³-hybridized carbons (Fsp3) is 0.706. The Hall–Kier alpha value is -1.80. The van der Waals surface area contributed by atoms with Crippen molar-refractivity contribution in [3.8, 4) is 0 Å². The van der Waals surface area contributed by atoms with Crippen molar-refractivity contribution >= 4 is 29.3 Å². The summed E-state index contributed by atoms with van der Waals surface area (Å²) in [7, 11) is 0. The summed E-state index contributed by atoms with van der Waals surface area (Å²) in [5.74, 6) is 1.60. The largest absolute Gasteiger partial charge is 0.444 e. The number of anilines is 2. The van der Waals surface area contributed by atoms with E-state index in [4.69, 9.17) is 21.1 Å². The Balaban J connectivity index is 1.64. The molecule has 0 spiro atoms. The highest BCUT2D eigenvalue weighted by molar-refractivity contribution is 6.28. The van der Waals surface area contributed by atoms with Gasteiger partial charge < -0.3 is 24.2 Å². The van der Waals surface area contributed by atoms with Crippen LogP contribution in [0, 0.1) is 0 Å². The second kappa shape index (κ2) is 7.84. The molecule has 2 aliphatic heterocycles. The number of carbonyl (C=O) groups excluding carboxylic acids is 1. The monoisotopic (exact) mass is 383 g/mol. The molecule has 2 saturated heterocycles. The summed E-state index contributed by atoms with van der Waals surface area (Å²) in [4.78, 5) is 26.9. The molecule has 0 radical (unpaired) electrons. The number of hydrogen-bond donors (Lipinski definition) is 0. The molecular weight excluding hydrogens is 358 g/mol. The van der Waals surface area contributed by atoms with Gasteiger partial charge in [-0.2, -0.15) is 0 Å². The van der Waals surface area contributed by atoms with Crippen LogP contribution in [0.1, 0.15) is 20.8 Å². The van der Waals surface area contributed by atoms with Crippen molar-refractivity contribution in [3.63, 3.8) is 0 Å². The molecule has 2 aliphatic rings. The average Bonchev–Trinajstić information content (AvgIpc) is 2.61. The number of piperazine rings is 1. The topological polar surface area (TPSA) is 71.0 Å². The Labute approximate surface area is 159 Å². The van der Waals surface area contributed by atoms with Crippen molar-refractivity contribution in [1.82, 2.24) is 14.9 Å². The standard InChI is InChI=1S/C17H26ClN5O3/c1-17(2,3)26-16(24)23-6-4-21(5-7-23)13-12-14(20-15(18)19-13)22-8-10-25-11-9-22/h12H,4-11H2,1-3H3. The summed E-state index contributed by atoms with van der Waals surface area (Å²) in [6.07, 6.45) is -0.271. The average molecular weight is 384 g/mol. The highest BCUT2D eigenvalue weighted by atomic mass is 35.5. The molecule has 1 aromatic rings. The van der Waals surface area contributed by atoms with Gasteiger partial charge in [-0.05, 0) is 32.4 Å². The van der Waals surface area contributed by atoms with Crippen molar-refractivity contribution in [3.05, 3.63) is 11.3 Å². The van der Waals surface area contributed by atoms with Gasteiger partial charge in [0.1, 0.15) is 17.2 Å². The molecule has 0 aliphatic carbocycles. The van der Waals surface area contributed by atoms with E-state index in [2.05, 4.69) is 19.8 Å². The minimum Gasteiger partial charge on any atom is -0.444 e. The van der Waals surface area contributed by atoms with Crippen molar-refractivity contribution < 1.29 is 14.3 Å². The first-order valence-corrected chi connectivity index (χ1v) is 9.30. The lowest BCUT2D eigenvalue weighted by atomic mass is 10.2. The number of morpholine rings is 1. The van der Waals surface area contributed by atoms with Crippen molar-refractivity contribution in [1.29, 1.82) is 0 Å². The van der Waals surface area contributed by atoms with E-state index >= 15 is 0 Å². The van der Waals surface area contributed by atoms with Crippen LogP contribution in [0.15, 0.2) is 6.07 Å². The fourth-order valence-electron chi connectivity index (χ4n) is 2.96. The van der Waals surface area contributed by atoms with E-state index in [-0.39, 0.29) is 11.4 Å². The molecule has 0 aromatic carbocycles. The van der Waals surface area contributed by atoms with Crippen LogP contribution in [0.2, 0.25) is 5.28 Å². The van der Waals surface area contributed by atoms with Crippen LogP contribution in [0.25, 0.3) is 0 Å². The van der Waals surface area contributed by atoms with E-state index in [1.807, 2.05) is 26.8 Å². The molecule has 1 aromatic heterocycles. The molecule has 0 saturated carbocycles. The van der Waals surface area contributed by atoms with Gasteiger partial charge in [0.05, 0.1) is 13.2 Å². The molecule has 2 fully saturated rings. The zero-order valence-electron chi connectivity index (χ0n) is 15.6. The quantitative estimate of drug-likeness (QED) is 0.723. The summed E-state index contributed by atoms with van der Waals surface area (Å²) in [5.41, 5.74) is -0.485. The van der Waals surface area contributed by atoms with Crippen LogP contribution >= 0.6 is 11.6 Å². The van der Waals surface area contributed by atoms with Crippen molar-refractivity contribution in [2.75, 3.05) is 62.3 Å². The van der Waals surface area contributed by atoms with Crippen LogP contribution in [0.5, 0.6) is 0 Å². The van der Waals surface area contributed by atoms with Crippen molar-refractivity contribution in [2.24, 2.45) is 0 Å². The minimum atomic E-state index is -0.485. The summed E-state index contributed by atoms with van der Waals surface area (Å²) >= 11 is 6.15. The van der Waals surface area contributed by atoms with E-state index in [9.17, 15) is 4.79 Å². The first kappa shape index (κ1) is 19.0. The molecule has 26 heavy (non-hydrogen) atoms. The molecular formula is C17H26ClN5O3. The molecule has 3 heterocycles. The van der Waals surface area contributed by atoms with Gasteiger partial charge in [0, 0.05) is 45.3 Å². The Bertz CT molecular complexity index is 638. The van der Waals surface area contributed by atoms with Gasteiger partial charge in [-0.1, -0.05) is 0 Å². The van der Waals surface area contributed by atoms with Crippen LogP contribution in [-0.2, 0) is 9.47 Å². The van der Waals surface area contributed by atoms with Gasteiger partial charge in [0.2, 0.25) is 5.28 Å². The molecule has 9 heteroatoms. The third kappa shape index (κ3) is 4.88. The van der Waals surface area contributed by atoms with Gasteiger partial charge in [-0.15, -0.1) is 0 Å². The highest BCUT2D eigenvalue weighted by Gasteiger charge is 2.27. The Morgan fingerprint density at radius 2 is 1.58 bits per heavy atom. The summed E-state index contributed by atoms with van der Waals surface area (Å²) in [5, 5.41) is 0.235. The normalized spacial score (nSPS) is 18.8. The predicted molar refractivity (Wildman–Crippen MR) is 100 cm³/mol. The third-order valence-corrected chi connectivity index (χ3v) is 4.43. The van der Waals surface area contributed by atoms with Gasteiger partial charge >= 0.3 is 6.09 Å². The summed E-state index contributed by atoms with van der Waals surface area (Å²) in [6.45, 7) is 11.1. The second-order valence-electron chi connectivity index (χ2n) is 7.41. The van der Waals surface area contributed by atoms with Gasteiger partial charge in [0.15, 0.2) is 0 Å². The number of aromatic nitrogens is 2. The van der Waals surface area contributed by atoms with E-state index in [1.165, 1.54) is 0 Å². The SMILES string of the molecule is CC(C)(C)OC(=O)N1CCN(c2cc(N3CCOCC3)nc(Cl)n2)CC1. The van der Waals surface area contributed by atoms with Gasteiger partial charge in [0.25, 0.3) is 0 Å². The first-order chi connectivity index (χ1) is 12.3. The fourth-order valence-corrected chi connectivity index (χ4v) is 3.13. The lowest BCUT2D eigenvalue weighted by molar-refractivity contribution is 0.0240. The Morgan fingerprint density at radius 1 is 1.04 bits per heavy atom. The van der Waals surface area contributed by atoms with Gasteiger partial charge in [-0.25, -0.2) is 14.8 Å². The minimum absolute atomic E-state index is 0.235. The Morgan fingerprint density at radius 3 is 2.12 bits per heavy atom. The number of ether oxygens (including phenoxy) is 2. The zero-order chi connectivity index (χ0) is 18.7. The molecule has 0 atom stereocenters. The number of nitrogens with zero attached hydrogens (tertiary/aromatic N) is 5. The van der Waals surface area contributed by atoms with Crippen LogP contribution in [-0.4, -0.2) is 79.0 Å². The molecule has 0 bridgehead atoms. The van der Waals surface area contributed by atoms with E-state index in [0.29, 0.717) is 39.4 Å². The van der Waals surface area contributed by atoms with Crippen LogP contribution < -0.4 is 9.80 Å². The maximum absolute atomic E-state index is 12.2. The number of carbonyl (C=O) groups is 1. The molecule has 144 valence electrons. The van der Waals surface area contributed by atoms with E-state index in [0.717, 1.165) is 24.7 Å². The highest BCUT2D eigenvalue weighted by Crippen LogP contribution is 2.23. The summed E-state index contributed by atoms with van der Waals surface area (Å²) in [6, 6.07) is 1.96. The zero-order valence-corrected chi connectivity index (χ0v) is 16.3. The van der Waals surface area contributed by atoms with Gasteiger partial charge in [-0.3, -0.25) is 0 Å². The summed E-state index contributed by atoms with van der Waals surface area (Å²) < 4.78 is 10.8. The first-order valence-electron chi connectivity index (χ1n) is 8.92. The smallest absolute Gasteiger partial charge is 0.410 e. The second-order valence-corrected chi connectivity index (χ2v) is 7.75. The van der Waals surface area contributed by atoms with E-state index in [1.54, 1.807) is 4.90 Å². The third-order valence-electron chi connectivity index (χ3n) is 4.26. The predicted octanol–water partition coefficient (Wildman–Crippen LogP) is 2.02. The number of amides is 1. The van der Waals surface area contributed by atoms with Crippen LogP contribution in [0.3, 0.4) is 0 Å². The molecule has 3 rings (SSSR count). The molecule has 0 N–H and O–H groups in total. The van der Waals surface area contributed by atoms with Crippen molar-refractivity contribution in [2.45, 2.75) is 26.4 Å².